The third kappa shape index (κ3) is 5.62. The number of ether oxygens (including phenoxy) is 2. The summed E-state index contributed by atoms with van der Waals surface area (Å²) in [6, 6.07) is 11.3. The number of carbonyl (C=O) groups is 1. The molecular formula is C37H45N5O3. The molecule has 0 N–H and O–H groups in total. The van der Waals surface area contributed by atoms with Crippen LogP contribution in [0.15, 0.2) is 36.5 Å². The van der Waals surface area contributed by atoms with E-state index < -0.39 is 0 Å². The Hall–Kier alpha value is -3.78. The molecule has 2 aliphatic carbocycles. The van der Waals surface area contributed by atoms with Gasteiger partial charge in [-0.3, -0.25) is 14.7 Å². The molecular weight excluding hydrogens is 562 g/mol. The molecule has 0 bridgehead atoms. The van der Waals surface area contributed by atoms with Gasteiger partial charge in [-0.1, -0.05) is 30.3 Å². The van der Waals surface area contributed by atoms with Gasteiger partial charge in [0.1, 0.15) is 17.4 Å². The highest BCUT2D eigenvalue weighted by Crippen LogP contribution is 2.46. The van der Waals surface area contributed by atoms with Gasteiger partial charge in [0.25, 0.3) is 0 Å². The van der Waals surface area contributed by atoms with E-state index in [0.717, 1.165) is 66.8 Å². The van der Waals surface area contributed by atoms with Gasteiger partial charge in [-0.05, 0) is 116 Å². The van der Waals surface area contributed by atoms with E-state index in [9.17, 15) is 4.79 Å². The molecule has 0 saturated heterocycles. The molecule has 1 fully saturated rings. The summed E-state index contributed by atoms with van der Waals surface area (Å²) in [5.74, 6) is 1.13. The van der Waals surface area contributed by atoms with Crippen molar-refractivity contribution in [2.45, 2.75) is 103 Å². The molecule has 2 aromatic carbocycles. The Morgan fingerprint density at radius 3 is 2.80 bits per heavy atom. The second-order valence-electron chi connectivity index (χ2n) is 13.2. The Bertz CT molecular complexity index is 1740. The van der Waals surface area contributed by atoms with Crippen LogP contribution in [0.3, 0.4) is 0 Å². The summed E-state index contributed by atoms with van der Waals surface area (Å²) in [7, 11) is 1.98. The molecule has 8 nitrogen and oxygen atoms in total. The van der Waals surface area contributed by atoms with Crippen molar-refractivity contribution in [2.24, 2.45) is 7.05 Å². The summed E-state index contributed by atoms with van der Waals surface area (Å²) < 4.78 is 13.9. The van der Waals surface area contributed by atoms with Crippen LogP contribution >= 0.6 is 0 Å². The molecule has 1 unspecified atom stereocenters. The van der Waals surface area contributed by atoms with Crippen molar-refractivity contribution in [3.8, 4) is 5.75 Å². The maximum Gasteiger partial charge on any atom is 0.306 e. The molecule has 4 aromatic rings. The van der Waals surface area contributed by atoms with Crippen molar-refractivity contribution >= 4 is 17.0 Å². The summed E-state index contributed by atoms with van der Waals surface area (Å²) in [5, 5.41) is 9.03. The van der Waals surface area contributed by atoms with E-state index in [-0.39, 0.29) is 24.0 Å². The lowest BCUT2D eigenvalue weighted by molar-refractivity contribution is -0.143. The van der Waals surface area contributed by atoms with Gasteiger partial charge in [0.15, 0.2) is 0 Å². The topological polar surface area (TPSA) is 82.4 Å². The maximum absolute atomic E-state index is 13.2. The van der Waals surface area contributed by atoms with Crippen molar-refractivity contribution < 1.29 is 14.3 Å². The molecule has 8 heteroatoms. The number of esters is 1. The number of pyridine rings is 1. The molecule has 1 aliphatic heterocycles. The van der Waals surface area contributed by atoms with Gasteiger partial charge in [0.05, 0.1) is 30.3 Å². The quantitative estimate of drug-likeness (QED) is 0.192. The van der Waals surface area contributed by atoms with Gasteiger partial charge in [0, 0.05) is 32.3 Å². The average Bonchev–Trinajstić information content (AvgIpc) is 3.67. The Morgan fingerprint density at radius 2 is 2.02 bits per heavy atom. The van der Waals surface area contributed by atoms with E-state index in [1.54, 1.807) is 0 Å². The third-order valence-electron chi connectivity index (χ3n) is 10.3. The average molecular weight is 608 g/mol. The van der Waals surface area contributed by atoms with Gasteiger partial charge in [-0.15, -0.1) is 5.10 Å². The van der Waals surface area contributed by atoms with E-state index >= 15 is 0 Å². The van der Waals surface area contributed by atoms with Crippen LogP contribution in [0.2, 0.25) is 0 Å². The fraction of sp³-hybridized carbons (Fsp3) is 0.514. The molecule has 3 aliphatic rings. The number of fused-ring (bicyclic) bond motifs is 3. The number of aromatic nitrogens is 4. The maximum atomic E-state index is 13.2. The van der Waals surface area contributed by atoms with E-state index in [4.69, 9.17) is 14.5 Å². The second-order valence-corrected chi connectivity index (χ2v) is 13.2. The van der Waals surface area contributed by atoms with Gasteiger partial charge in [0.2, 0.25) is 0 Å². The number of hydrogen-bond donors (Lipinski definition) is 0. The van der Waals surface area contributed by atoms with Crippen molar-refractivity contribution in [1.29, 1.82) is 0 Å². The second kappa shape index (κ2) is 12.2. The third-order valence-corrected chi connectivity index (χ3v) is 10.3. The Kier molecular flexibility index (Phi) is 8.11. The minimum absolute atomic E-state index is 0.105. The number of nitrogens with zero attached hydrogens (tertiary/aromatic N) is 5. The molecule has 7 rings (SSSR count). The Morgan fingerprint density at radius 1 is 1.18 bits per heavy atom. The standard InChI is InChI=1S/C37H45N5O3/c1-6-28-21-42(23(4)36-33(45-28)12-9-15-38-36)20-27-17-26(16-25-10-8-11-29(25)27)31(19-34(43)44-7-2)30-18-32(24-13-14-24)37-35(22(30)3)39-40-41(37)5/h9,12,15-18,23-24,28,31H,6-8,10-11,13-14,19-21H2,1-5H3/t23-,28+,31?/m0/s1. The van der Waals surface area contributed by atoms with Crippen LogP contribution in [0, 0.1) is 6.92 Å². The fourth-order valence-electron chi connectivity index (χ4n) is 7.70. The molecule has 3 heterocycles. The predicted octanol–water partition coefficient (Wildman–Crippen LogP) is 6.86. The number of benzene rings is 2. The van der Waals surface area contributed by atoms with E-state index in [2.05, 4.69) is 60.2 Å². The molecule has 0 radical (unpaired) electrons. The first-order valence-corrected chi connectivity index (χ1v) is 16.8. The van der Waals surface area contributed by atoms with Gasteiger partial charge in [-0.25, -0.2) is 4.68 Å². The summed E-state index contributed by atoms with van der Waals surface area (Å²) >= 11 is 0. The first-order chi connectivity index (χ1) is 21.9. The van der Waals surface area contributed by atoms with Crippen molar-refractivity contribution in [3.05, 3.63) is 81.2 Å². The van der Waals surface area contributed by atoms with Crippen molar-refractivity contribution in [3.63, 3.8) is 0 Å². The summed E-state index contributed by atoms with van der Waals surface area (Å²) in [6.07, 6.45) is 8.89. The highest BCUT2D eigenvalue weighted by Gasteiger charge is 2.33. The van der Waals surface area contributed by atoms with Crippen molar-refractivity contribution in [2.75, 3.05) is 13.2 Å². The van der Waals surface area contributed by atoms with Gasteiger partial charge < -0.3 is 9.47 Å². The van der Waals surface area contributed by atoms with Gasteiger partial charge in [-0.2, -0.15) is 0 Å². The molecule has 3 atom stereocenters. The summed E-state index contributed by atoms with van der Waals surface area (Å²) in [5.41, 5.74) is 12.1. The zero-order chi connectivity index (χ0) is 31.2. The molecule has 0 spiro atoms. The monoisotopic (exact) mass is 607 g/mol. The molecule has 45 heavy (non-hydrogen) atoms. The van der Waals surface area contributed by atoms with Crippen LogP contribution in [0.25, 0.3) is 11.0 Å². The summed E-state index contributed by atoms with van der Waals surface area (Å²) in [6.45, 7) is 10.5. The largest absolute Gasteiger partial charge is 0.487 e. The highest BCUT2D eigenvalue weighted by molar-refractivity contribution is 5.84. The number of hydrogen-bond acceptors (Lipinski definition) is 7. The first kappa shape index (κ1) is 29.9. The minimum Gasteiger partial charge on any atom is -0.487 e. The smallest absolute Gasteiger partial charge is 0.306 e. The lowest BCUT2D eigenvalue weighted by atomic mass is 9.82. The molecule has 1 saturated carbocycles. The molecule has 2 aromatic heterocycles. The summed E-state index contributed by atoms with van der Waals surface area (Å²) in [4.78, 5) is 20.5. The molecule has 236 valence electrons. The first-order valence-electron chi connectivity index (χ1n) is 16.8. The predicted molar refractivity (Wildman–Crippen MR) is 175 cm³/mol. The van der Waals surface area contributed by atoms with Crippen LogP contribution in [-0.4, -0.2) is 50.1 Å². The Balaban J connectivity index is 1.33. The van der Waals surface area contributed by atoms with Crippen LogP contribution < -0.4 is 4.74 Å². The fourth-order valence-corrected chi connectivity index (χ4v) is 7.70. The minimum atomic E-state index is -0.164. The van der Waals surface area contributed by atoms with E-state index in [0.29, 0.717) is 18.9 Å². The molecule has 0 amide bonds. The van der Waals surface area contributed by atoms with E-state index in [1.807, 2.05) is 30.9 Å². The van der Waals surface area contributed by atoms with Crippen LogP contribution in [0.4, 0.5) is 0 Å². The van der Waals surface area contributed by atoms with Crippen LogP contribution in [0.5, 0.6) is 5.75 Å². The lowest BCUT2D eigenvalue weighted by Crippen LogP contribution is -2.34. The number of rotatable bonds is 9. The van der Waals surface area contributed by atoms with Crippen LogP contribution in [0.1, 0.15) is 115 Å². The van der Waals surface area contributed by atoms with Gasteiger partial charge >= 0.3 is 5.97 Å². The normalized spacial score (nSPS) is 20.4. The Labute approximate surface area is 266 Å². The number of aryl methyl sites for hydroxylation is 3. The van der Waals surface area contributed by atoms with E-state index in [1.165, 1.54) is 46.2 Å². The van der Waals surface area contributed by atoms with Crippen molar-refractivity contribution in [1.82, 2.24) is 24.9 Å². The zero-order valence-corrected chi connectivity index (χ0v) is 27.3. The highest BCUT2D eigenvalue weighted by atomic mass is 16.5. The van der Waals surface area contributed by atoms with Crippen LogP contribution in [-0.2, 0) is 36.0 Å². The lowest BCUT2D eigenvalue weighted by Gasteiger charge is -2.30. The number of carbonyl (C=O) groups excluding carboxylic acids is 1. The zero-order valence-electron chi connectivity index (χ0n) is 27.3. The SMILES string of the molecule is CCOC(=O)CC(c1cc2c(c(CN3C[C@@H](CC)Oc4cccnc4[C@@H]3C)c1)CCC2)c1cc(C2CC2)c2c(nnn2C)c1C.